The molecular weight excluding hydrogens is 218 g/mol. The first-order valence-electron chi connectivity index (χ1n) is 5.58. The van der Waals surface area contributed by atoms with E-state index in [9.17, 15) is 4.79 Å². The van der Waals surface area contributed by atoms with Crippen LogP contribution in [0.5, 0.6) is 0 Å². The van der Waals surface area contributed by atoms with Gasteiger partial charge < -0.3 is 9.94 Å². The Hall–Kier alpha value is -1.58. The van der Waals surface area contributed by atoms with Crippen molar-refractivity contribution in [2.45, 2.75) is 20.8 Å². The summed E-state index contributed by atoms with van der Waals surface area (Å²) in [4.78, 5) is 15.8. The SMILES string of the molecule is C=CCON=CC(C)=CC1C(C(=O)O)C1(C)C. The fourth-order valence-electron chi connectivity index (χ4n) is 2.00. The molecule has 0 aromatic carbocycles. The van der Waals surface area contributed by atoms with Gasteiger partial charge in [-0.15, -0.1) is 0 Å². The summed E-state index contributed by atoms with van der Waals surface area (Å²) in [6.45, 7) is 9.69. The fourth-order valence-corrected chi connectivity index (χ4v) is 2.00. The van der Waals surface area contributed by atoms with Crippen molar-refractivity contribution >= 4 is 12.2 Å². The van der Waals surface area contributed by atoms with Gasteiger partial charge in [-0.2, -0.15) is 0 Å². The van der Waals surface area contributed by atoms with Gasteiger partial charge in [-0.3, -0.25) is 4.79 Å². The van der Waals surface area contributed by atoms with E-state index in [1.165, 1.54) is 0 Å². The Labute approximate surface area is 102 Å². The standard InChI is InChI=1S/C13H19NO3/c1-5-6-17-14-8-9(2)7-10-11(12(15)16)13(10,3)4/h5,7-8,10-11H,1,6H2,2-4H3,(H,15,16). The summed E-state index contributed by atoms with van der Waals surface area (Å²) < 4.78 is 0. The van der Waals surface area contributed by atoms with Crippen molar-refractivity contribution in [3.8, 4) is 0 Å². The lowest BCUT2D eigenvalue weighted by molar-refractivity contribution is -0.139. The predicted molar refractivity (Wildman–Crippen MR) is 66.8 cm³/mol. The molecule has 1 rings (SSSR count). The van der Waals surface area contributed by atoms with Crippen molar-refractivity contribution in [2.75, 3.05) is 6.61 Å². The minimum absolute atomic E-state index is 0.0749. The van der Waals surface area contributed by atoms with Gasteiger partial charge in [0.15, 0.2) is 0 Å². The van der Waals surface area contributed by atoms with Gasteiger partial charge in [0.1, 0.15) is 6.61 Å². The van der Waals surface area contributed by atoms with Crippen LogP contribution in [0.15, 0.2) is 29.5 Å². The van der Waals surface area contributed by atoms with Gasteiger partial charge in [-0.25, -0.2) is 0 Å². The highest BCUT2D eigenvalue weighted by molar-refractivity contribution is 5.80. The number of nitrogens with zero attached hydrogens (tertiary/aromatic N) is 1. The fraction of sp³-hybridized carbons (Fsp3) is 0.538. The monoisotopic (exact) mass is 237 g/mol. The first kappa shape index (κ1) is 13.5. The van der Waals surface area contributed by atoms with Crippen LogP contribution in [0.2, 0.25) is 0 Å². The van der Waals surface area contributed by atoms with E-state index in [0.717, 1.165) is 5.57 Å². The molecule has 0 spiro atoms. The van der Waals surface area contributed by atoms with Gasteiger partial charge in [0.05, 0.1) is 12.1 Å². The third kappa shape index (κ3) is 3.19. The summed E-state index contributed by atoms with van der Waals surface area (Å²) >= 11 is 0. The average molecular weight is 237 g/mol. The van der Waals surface area contributed by atoms with E-state index in [-0.39, 0.29) is 17.3 Å². The number of oxime groups is 1. The highest BCUT2D eigenvalue weighted by Crippen LogP contribution is 2.59. The number of carbonyl (C=O) groups is 1. The molecule has 17 heavy (non-hydrogen) atoms. The molecule has 0 radical (unpaired) electrons. The van der Waals surface area contributed by atoms with Crippen molar-refractivity contribution in [1.82, 2.24) is 0 Å². The van der Waals surface area contributed by atoms with Crippen molar-refractivity contribution in [3.05, 3.63) is 24.3 Å². The molecule has 0 saturated heterocycles. The van der Waals surface area contributed by atoms with Crippen LogP contribution in [0, 0.1) is 17.3 Å². The molecule has 2 unspecified atom stereocenters. The molecule has 1 N–H and O–H groups in total. The lowest BCUT2D eigenvalue weighted by atomic mass is 10.1. The lowest BCUT2D eigenvalue weighted by Crippen LogP contribution is -2.03. The third-order valence-electron chi connectivity index (χ3n) is 3.14. The van der Waals surface area contributed by atoms with E-state index < -0.39 is 5.97 Å². The average Bonchev–Trinajstić information content (AvgIpc) is 2.75. The minimum atomic E-state index is -0.733. The van der Waals surface area contributed by atoms with E-state index in [0.29, 0.717) is 6.61 Å². The quantitative estimate of drug-likeness (QED) is 0.334. The van der Waals surface area contributed by atoms with Crippen LogP contribution in [0.4, 0.5) is 0 Å². The molecule has 0 amide bonds. The zero-order valence-electron chi connectivity index (χ0n) is 10.5. The Balaban J connectivity index is 2.56. The summed E-state index contributed by atoms with van der Waals surface area (Å²) in [7, 11) is 0. The number of hydrogen-bond acceptors (Lipinski definition) is 3. The Kier molecular flexibility index (Phi) is 4.10. The van der Waals surface area contributed by atoms with E-state index in [4.69, 9.17) is 9.94 Å². The molecular formula is C13H19NO3. The van der Waals surface area contributed by atoms with Crippen LogP contribution in [0.1, 0.15) is 20.8 Å². The van der Waals surface area contributed by atoms with Gasteiger partial charge in [-0.1, -0.05) is 37.7 Å². The number of hydrogen-bond donors (Lipinski definition) is 1. The number of rotatable bonds is 6. The van der Waals surface area contributed by atoms with E-state index >= 15 is 0 Å². The highest BCUT2D eigenvalue weighted by Gasteiger charge is 2.60. The Bertz CT molecular complexity index is 369. The second kappa shape index (κ2) is 5.17. The van der Waals surface area contributed by atoms with Crippen LogP contribution in [-0.4, -0.2) is 23.9 Å². The maximum absolute atomic E-state index is 11.0. The zero-order chi connectivity index (χ0) is 13.1. The van der Waals surface area contributed by atoms with Gasteiger partial charge in [-0.05, 0) is 23.8 Å². The van der Waals surface area contributed by atoms with Crippen molar-refractivity contribution in [2.24, 2.45) is 22.4 Å². The van der Waals surface area contributed by atoms with Gasteiger partial charge in [0, 0.05) is 0 Å². The van der Waals surface area contributed by atoms with Crippen molar-refractivity contribution in [3.63, 3.8) is 0 Å². The molecule has 2 atom stereocenters. The largest absolute Gasteiger partial charge is 0.481 e. The number of allylic oxidation sites excluding steroid dienone is 2. The van der Waals surface area contributed by atoms with Crippen LogP contribution >= 0.6 is 0 Å². The Morgan fingerprint density at radius 3 is 2.71 bits per heavy atom. The molecule has 1 aliphatic carbocycles. The second-order valence-corrected chi connectivity index (χ2v) is 4.89. The maximum atomic E-state index is 11.0. The third-order valence-corrected chi connectivity index (χ3v) is 3.14. The number of carboxylic acids is 1. The van der Waals surface area contributed by atoms with E-state index in [1.54, 1.807) is 12.3 Å². The molecule has 0 aromatic heterocycles. The van der Waals surface area contributed by atoms with Gasteiger partial charge >= 0.3 is 5.97 Å². The second-order valence-electron chi connectivity index (χ2n) is 4.89. The molecule has 4 nitrogen and oxygen atoms in total. The van der Waals surface area contributed by atoms with E-state index in [2.05, 4.69) is 11.7 Å². The smallest absolute Gasteiger partial charge is 0.307 e. The molecule has 4 heteroatoms. The van der Waals surface area contributed by atoms with Crippen LogP contribution in [-0.2, 0) is 9.63 Å². The van der Waals surface area contributed by atoms with Crippen LogP contribution in [0.3, 0.4) is 0 Å². The summed E-state index contributed by atoms with van der Waals surface area (Å²) in [6.07, 6.45) is 5.15. The molecule has 1 saturated carbocycles. The normalized spacial score (nSPS) is 26.9. The van der Waals surface area contributed by atoms with Gasteiger partial charge in [0.25, 0.3) is 0 Å². The zero-order valence-corrected chi connectivity index (χ0v) is 10.5. The first-order chi connectivity index (χ1) is 7.91. The molecule has 1 fully saturated rings. The molecule has 0 aromatic rings. The lowest BCUT2D eigenvalue weighted by Gasteiger charge is -1.97. The summed E-state index contributed by atoms with van der Waals surface area (Å²) in [5.74, 6) is -0.949. The summed E-state index contributed by atoms with van der Waals surface area (Å²) in [5, 5.41) is 12.8. The number of aliphatic carboxylic acids is 1. The molecule has 94 valence electrons. The Morgan fingerprint density at radius 1 is 1.59 bits per heavy atom. The molecule has 1 aliphatic rings. The maximum Gasteiger partial charge on any atom is 0.307 e. The summed E-state index contributed by atoms with van der Waals surface area (Å²) in [5.41, 5.74) is 0.749. The topological polar surface area (TPSA) is 58.9 Å². The minimum Gasteiger partial charge on any atom is -0.481 e. The van der Waals surface area contributed by atoms with Crippen LogP contribution in [0.25, 0.3) is 0 Å². The van der Waals surface area contributed by atoms with E-state index in [1.807, 2.05) is 26.8 Å². The summed E-state index contributed by atoms with van der Waals surface area (Å²) in [6, 6.07) is 0. The first-order valence-corrected chi connectivity index (χ1v) is 5.58. The van der Waals surface area contributed by atoms with Gasteiger partial charge in [0.2, 0.25) is 0 Å². The highest BCUT2D eigenvalue weighted by atomic mass is 16.6. The molecule has 0 heterocycles. The molecule has 0 aliphatic heterocycles. The Morgan fingerprint density at radius 2 is 2.24 bits per heavy atom. The van der Waals surface area contributed by atoms with Crippen LogP contribution < -0.4 is 0 Å². The predicted octanol–water partition coefficient (Wildman–Crippen LogP) is 2.48. The molecule has 0 bridgehead atoms. The van der Waals surface area contributed by atoms with Crippen molar-refractivity contribution < 1.29 is 14.7 Å². The van der Waals surface area contributed by atoms with Crippen molar-refractivity contribution in [1.29, 1.82) is 0 Å². The number of carboxylic acid groups (broad SMARTS) is 1.